The summed E-state index contributed by atoms with van der Waals surface area (Å²) in [6, 6.07) is 0.0571. The zero-order chi connectivity index (χ0) is 16.6. The average molecular weight is 318 g/mol. The molecular formula is C16H22N4O3. The lowest BCUT2D eigenvalue weighted by molar-refractivity contribution is 0.0695. The Morgan fingerprint density at radius 2 is 1.87 bits per heavy atom. The van der Waals surface area contributed by atoms with E-state index < -0.39 is 5.97 Å². The summed E-state index contributed by atoms with van der Waals surface area (Å²) in [6.07, 6.45) is 4.39. The number of urea groups is 1. The van der Waals surface area contributed by atoms with Gasteiger partial charge in [-0.15, -0.1) is 0 Å². The standard InChI is InChI=1S/C16H22N4O3/c1-18(2)14-13(15(21)22)12-5-8-20(10-11(12)9-17-14)16(23)19-6-3-4-7-19/h9H,3-8,10H2,1-2H3,(H,21,22). The van der Waals surface area contributed by atoms with Crippen molar-refractivity contribution in [3.05, 3.63) is 22.9 Å². The Labute approximate surface area is 135 Å². The fraction of sp³-hybridized carbons (Fsp3) is 0.562. The van der Waals surface area contributed by atoms with Gasteiger partial charge in [0.2, 0.25) is 0 Å². The van der Waals surface area contributed by atoms with Gasteiger partial charge >= 0.3 is 12.0 Å². The molecule has 2 aliphatic heterocycles. The smallest absolute Gasteiger partial charge is 0.339 e. The Kier molecular flexibility index (Phi) is 4.11. The molecule has 7 heteroatoms. The molecular weight excluding hydrogens is 296 g/mol. The highest BCUT2D eigenvalue weighted by Crippen LogP contribution is 2.28. The lowest BCUT2D eigenvalue weighted by Gasteiger charge is -2.33. The predicted molar refractivity (Wildman–Crippen MR) is 85.8 cm³/mol. The van der Waals surface area contributed by atoms with Crippen LogP contribution in [0.4, 0.5) is 10.6 Å². The van der Waals surface area contributed by atoms with Gasteiger partial charge in [-0.3, -0.25) is 0 Å². The van der Waals surface area contributed by atoms with E-state index in [1.807, 2.05) is 4.90 Å². The molecule has 23 heavy (non-hydrogen) atoms. The zero-order valence-corrected chi connectivity index (χ0v) is 13.6. The molecule has 0 radical (unpaired) electrons. The summed E-state index contributed by atoms with van der Waals surface area (Å²) in [7, 11) is 3.57. The molecule has 0 aliphatic carbocycles. The Bertz CT molecular complexity index is 638. The first-order valence-corrected chi connectivity index (χ1v) is 7.94. The number of carbonyl (C=O) groups is 2. The molecule has 1 aromatic heterocycles. The third-order valence-corrected chi connectivity index (χ3v) is 4.53. The minimum atomic E-state index is -0.961. The second kappa shape index (κ2) is 6.06. The normalized spacial score (nSPS) is 17.1. The van der Waals surface area contributed by atoms with Crippen LogP contribution in [0.1, 0.15) is 34.3 Å². The molecule has 0 saturated carbocycles. The van der Waals surface area contributed by atoms with Gasteiger partial charge in [-0.25, -0.2) is 14.6 Å². The van der Waals surface area contributed by atoms with Gasteiger partial charge in [0.15, 0.2) is 0 Å². The first-order valence-electron chi connectivity index (χ1n) is 7.94. The summed E-state index contributed by atoms with van der Waals surface area (Å²) in [4.78, 5) is 33.9. The van der Waals surface area contributed by atoms with Gasteiger partial charge in [0, 0.05) is 46.5 Å². The SMILES string of the molecule is CN(C)c1ncc2c(c1C(=O)O)CCN(C(=O)N1CCCC1)C2. The van der Waals surface area contributed by atoms with Crippen LogP contribution in [0.25, 0.3) is 0 Å². The average Bonchev–Trinajstić information content (AvgIpc) is 3.06. The fourth-order valence-electron chi connectivity index (χ4n) is 3.37. The number of carboxylic acids is 1. The first-order chi connectivity index (χ1) is 11.0. The number of rotatable bonds is 2. The van der Waals surface area contributed by atoms with E-state index in [1.165, 1.54) is 0 Å². The molecule has 0 aromatic carbocycles. The molecule has 0 bridgehead atoms. The number of hydrogen-bond donors (Lipinski definition) is 1. The lowest BCUT2D eigenvalue weighted by atomic mass is 9.96. The quantitative estimate of drug-likeness (QED) is 0.892. The van der Waals surface area contributed by atoms with Crippen molar-refractivity contribution in [2.75, 3.05) is 38.6 Å². The first kappa shape index (κ1) is 15.6. The van der Waals surface area contributed by atoms with E-state index in [2.05, 4.69) is 4.98 Å². The molecule has 0 unspecified atom stereocenters. The van der Waals surface area contributed by atoms with Crippen molar-refractivity contribution in [1.82, 2.24) is 14.8 Å². The maximum Gasteiger partial charge on any atom is 0.339 e. The van der Waals surface area contributed by atoms with Gasteiger partial charge in [-0.2, -0.15) is 0 Å². The number of aromatic carboxylic acids is 1. The molecule has 3 rings (SSSR count). The molecule has 1 fully saturated rings. The van der Waals surface area contributed by atoms with Crippen LogP contribution in [0.2, 0.25) is 0 Å². The van der Waals surface area contributed by atoms with Crippen molar-refractivity contribution in [3.8, 4) is 0 Å². The van der Waals surface area contributed by atoms with Gasteiger partial charge in [0.25, 0.3) is 0 Å². The van der Waals surface area contributed by atoms with Crippen LogP contribution in [-0.2, 0) is 13.0 Å². The van der Waals surface area contributed by atoms with E-state index in [-0.39, 0.29) is 11.6 Å². The van der Waals surface area contributed by atoms with Crippen LogP contribution in [0.3, 0.4) is 0 Å². The summed E-state index contributed by atoms with van der Waals surface area (Å²) in [5.74, 6) is -0.493. The molecule has 0 atom stereocenters. The van der Waals surface area contributed by atoms with E-state index in [0.29, 0.717) is 25.3 Å². The molecule has 7 nitrogen and oxygen atoms in total. The molecule has 3 heterocycles. The molecule has 124 valence electrons. The number of nitrogens with zero attached hydrogens (tertiary/aromatic N) is 4. The molecule has 2 aliphatic rings. The van der Waals surface area contributed by atoms with E-state index >= 15 is 0 Å². The largest absolute Gasteiger partial charge is 0.478 e. The van der Waals surface area contributed by atoms with E-state index in [4.69, 9.17) is 0 Å². The predicted octanol–water partition coefficient (Wildman–Crippen LogP) is 1.42. The Balaban J connectivity index is 1.88. The number of hydrogen-bond acceptors (Lipinski definition) is 4. The molecule has 1 aromatic rings. The van der Waals surface area contributed by atoms with Crippen LogP contribution in [0.5, 0.6) is 0 Å². The van der Waals surface area contributed by atoms with Crippen LogP contribution in [0.15, 0.2) is 6.20 Å². The minimum absolute atomic E-state index is 0.0571. The number of carboxylic acid groups (broad SMARTS) is 1. The Hall–Kier alpha value is -2.31. The van der Waals surface area contributed by atoms with Gasteiger partial charge in [-0.05, 0) is 30.4 Å². The maximum atomic E-state index is 12.5. The summed E-state index contributed by atoms with van der Waals surface area (Å²) in [5.41, 5.74) is 1.91. The Morgan fingerprint density at radius 3 is 2.48 bits per heavy atom. The van der Waals surface area contributed by atoms with Gasteiger partial charge in [-0.1, -0.05) is 0 Å². The number of anilines is 1. The minimum Gasteiger partial charge on any atom is -0.478 e. The maximum absolute atomic E-state index is 12.5. The highest BCUT2D eigenvalue weighted by Gasteiger charge is 2.30. The van der Waals surface area contributed by atoms with Gasteiger partial charge in [0.1, 0.15) is 11.4 Å². The van der Waals surface area contributed by atoms with Crippen molar-refractivity contribution in [1.29, 1.82) is 0 Å². The number of pyridine rings is 1. The third-order valence-electron chi connectivity index (χ3n) is 4.53. The highest BCUT2D eigenvalue weighted by atomic mass is 16.4. The topological polar surface area (TPSA) is 77.0 Å². The summed E-state index contributed by atoms with van der Waals surface area (Å²) in [5, 5.41) is 9.56. The van der Waals surface area contributed by atoms with E-state index in [1.54, 1.807) is 30.1 Å². The van der Waals surface area contributed by atoms with Crippen molar-refractivity contribution in [3.63, 3.8) is 0 Å². The van der Waals surface area contributed by atoms with E-state index in [0.717, 1.165) is 37.1 Å². The second-order valence-electron chi connectivity index (χ2n) is 6.31. The zero-order valence-electron chi connectivity index (χ0n) is 13.6. The summed E-state index contributed by atoms with van der Waals surface area (Å²) in [6.45, 7) is 2.63. The van der Waals surface area contributed by atoms with Crippen molar-refractivity contribution in [2.24, 2.45) is 0 Å². The second-order valence-corrected chi connectivity index (χ2v) is 6.31. The van der Waals surface area contributed by atoms with Crippen molar-refractivity contribution in [2.45, 2.75) is 25.8 Å². The van der Waals surface area contributed by atoms with Crippen LogP contribution in [0, 0.1) is 0 Å². The fourth-order valence-corrected chi connectivity index (χ4v) is 3.37. The van der Waals surface area contributed by atoms with Crippen molar-refractivity contribution < 1.29 is 14.7 Å². The highest BCUT2D eigenvalue weighted by molar-refractivity contribution is 5.95. The Morgan fingerprint density at radius 1 is 1.17 bits per heavy atom. The van der Waals surface area contributed by atoms with Gasteiger partial charge < -0.3 is 19.8 Å². The number of aromatic nitrogens is 1. The molecule has 1 saturated heterocycles. The lowest BCUT2D eigenvalue weighted by Crippen LogP contribution is -2.44. The van der Waals surface area contributed by atoms with Crippen LogP contribution < -0.4 is 4.90 Å². The number of carbonyl (C=O) groups excluding carboxylic acids is 1. The molecule has 0 spiro atoms. The summed E-state index contributed by atoms with van der Waals surface area (Å²) < 4.78 is 0. The van der Waals surface area contributed by atoms with Gasteiger partial charge in [0.05, 0.1) is 0 Å². The van der Waals surface area contributed by atoms with Crippen LogP contribution >= 0.6 is 0 Å². The van der Waals surface area contributed by atoms with Crippen molar-refractivity contribution >= 4 is 17.8 Å². The van der Waals surface area contributed by atoms with Crippen LogP contribution in [-0.4, -0.2) is 65.6 Å². The number of fused-ring (bicyclic) bond motifs is 1. The monoisotopic (exact) mass is 318 g/mol. The molecule has 1 N–H and O–H groups in total. The summed E-state index contributed by atoms with van der Waals surface area (Å²) >= 11 is 0. The number of likely N-dealkylation sites (tertiary alicyclic amines) is 1. The van der Waals surface area contributed by atoms with E-state index in [9.17, 15) is 14.7 Å². The number of amides is 2. The third kappa shape index (κ3) is 2.83. The molecule has 2 amide bonds.